The first-order valence-electron chi connectivity index (χ1n) is 9.24. The molecule has 1 heterocycles. The fourth-order valence-electron chi connectivity index (χ4n) is 2.73. The zero-order valence-electron chi connectivity index (χ0n) is 16.0. The minimum atomic E-state index is -0.819. The van der Waals surface area contributed by atoms with E-state index in [0.717, 1.165) is 0 Å². The molecule has 28 heavy (non-hydrogen) atoms. The average molecular weight is 407 g/mol. The molecule has 1 aliphatic rings. The minimum absolute atomic E-state index is 0.0926. The molecule has 9 heteroatoms. The molecular formula is C19H25N3O5S. The normalized spacial score (nSPS) is 16.1. The molecule has 2 N–H and O–H groups in total. The van der Waals surface area contributed by atoms with E-state index in [0.29, 0.717) is 44.0 Å². The Morgan fingerprint density at radius 3 is 2.86 bits per heavy atom. The molecule has 1 fully saturated rings. The van der Waals surface area contributed by atoms with Gasteiger partial charge in [0.25, 0.3) is 5.91 Å². The number of hydrogen-bond donors (Lipinski definition) is 2. The van der Waals surface area contributed by atoms with Crippen molar-refractivity contribution >= 4 is 35.1 Å². The minimum Gasteiger partial charge on any atom is -0.494 e. The molecular weight excluding hydrogens is 382 g/mol. The summed E-state index contributed by atoms with van der Waals surface area (Å²) >= 11 is 5.34. The molecule has 1 aromatic carbocycles. The molecule has 0 radical (unpaired) electrons. The van der Waals surface area contributed by atoms with Crippen LogP contribution in [0.25, 0.3) is 0 Å². The maximum absolute atomic E-state index is 12.5. The predicted molar refractivity (Wildman–Crippen MR) is 107 cm³/mol. The molecule has 0 spiro atoms. The van der Waals surface area contributed by atoms with E-state index in [1.54, 1.807) is 29.2 Å². The molecule has 1 atom stereocenters. The molecule has 0 aliphatic carbocycles. The van der Waals surface area contributed by atoms with E-state index in [4.69, 9.17) is 21.7 Å². The summed E-state index contributed by atoms with van der Waals surface area (Å²) in [6.07, 6.45) is 0.559. The topological polar surface area (TPSA) is 97.0 Å². The van der Waals surface area contributed by atoms with Gasteiger partial charge in [0.15, 0.2) is 5.11 Å². The Labute approximate surface area is 169 Å². The molecule has 0 saturated carbocycles. The Hall–Kier alpha value is -2.68. The van der Waals surface area contributed by atoms with Crippen LogP contribution in [0, 0.1) is 0 Å². The van der Waals surface area contributed by atoms with Crippen molar-refractivity contribution in [3.63, 3.8) is 0 Å². The Bertz CT molecular complexity index is 740. The van der Waals surface area contributed by atoms with Crippen LogP contribution in [0.2, 0.25) is 0 Å². The number of carbonyl (C=O) groups is 3. The van der Waals surface area contributed by atoms with Gasteiger partial charge in [-0.05, 0) is 43.8 Å². The van der Waals surface area contributed by atoms with E-state index in [1.165, 1.54) is 0 Å². The quantitative estimate of drug-likeness (QED) is 0.519. The van der Waals surface area contributed by atoms with Crippen LogP contribution < -0.4 is 15.4 Å². The van der Waals surface area contributed by atoms with Crippen molar-refractivity contribution in [2.45, 2.75) is 32.7 Å². The Morgan fingerprint density at radius 1 is 1.36 bits per heavy atom. The third kappa shape index (κ3) is 5.91. The summed E-state index contributed by atoms with van der Waals surface area (Å²) < 4.78 is 10.5. The molecule has 0 bridgehead atoms. The molecule has 1 aliphatic heterocycles. The van der Waals surface area contributed by atoms with Crippen molar-refractivity contribution in [3.8, 4) is 5.75 Å². The van der Waals surface area contributed by atoms with Gasteiger partial charge in [-0.3, -0.25) is 19.7 Å². The molecule has 8 nitrogen and oxygen atoms in total. The number of thiocarbonyl (C=S) groups is 1. The van der Waals surface area contributed by atoms with Crippen molar-refractivity contribution in [2.75, 3.05) is 26.3 Å². The average Bonchev–Trinajstić information content (AvgIpc) is 2.68. The lowest BCUT2D eigenvalue weighted by atomic mass is 10.1. The number of ether oxygens (including phenoxy) is 2. The van der Waals surface area contributed by atoms with Gasteiger partial charge in [0.1, 0.15) is 11.8 Å². The van der Waals surface area contributed by atoms with Gasteiger partial charge in [0, 0.05) is 18.7 Å². The van der Waals surface area contributed by atoms with Crippen LogP contribution in [0.15, 0.2) is 24.3 Å². The monoisotopic (exact) mass is 407 g/mol. The van der Waals surface area contributed by atoms with E-state index in [-0.39, 0.29) is 17.4 Å². The largest absolute Gasteiger partial charge is 0.494 e. The van der Waals surface area contributed by atoms with E-state index < -0.39 is 17.9 Å². The first-order chi connectivity index (χ1) is 13.5. The van der Waals surface area contributed by atoms with Gasteiger partial charge in [-0.1, -0.05) is 13.0 Å². The molecule has 2 amide bonds. The summed E-state index contributed by atoms with van der Waals surface area (Å²) in [4.78, 5) is 38.3. The van der Waals surface area contributed by atoms with Crippen molar-refractivity contribution in [1.82, 2.24) is 15.5 Å². The van der Waals surface area contributed by atoms with Gasteiger partial charge in [0.05, 0.1) is 19.6 Å². The van der Waals surface area contributed by atoms with Gasteiger partial charge in [-0.15, -0.1) is 0 Å². The fraction of sp³-hybridized carbons (Fsp3) is 0.474. The molecule has 152 valence electrons. The highest BCUT2D eigenvalue weighted by Crippen LogP contribution is 2.14. The molecule has 0 unspecified atom stereocenters. The third-order valence-electron chi connectivity index (χ3n) is 4.05. The number of piperazine rings is 1. The maximum atomic E-state index is 12.5. The second-order valence-corrected chi connectivity index (χ2v) is 6.53. The lowest BCUT2D eigenvalue weighted by Crippen LogP contribution is -2.60. The Kier molecular flexibility index (Phi) is 8.19. The maximum Gasteiger partial charge on any atom is 0.308 e. The number of amides is 2. The fourth-order valence-corrected chi connectivity index (χ4v) is 3.04. The lowest BCUT2D eigenvalue weighted by Gasteiger charge is -2.36. The van der Waals surface area contributed by atoms with Crippen LogP contribution in [-0.2, 0) is 14.3 Å². The first-order valence-corrected chi connectivity index (χ1v) is 9.65. The zero-order chi connectivity index (χ0) is 20.5. The Balaban J connectivity index is 2.05. The number of rotatable bonds is 7. The van der Waals surface area contributed by atoms with E-state index in [1.807, 2.05) is 13.8 Å². The zero-order valence-corrected chi connectivity index (χ0v) is 16.8. The van der Waals surface area contributed by atoms with Crippen LogP contribution in [0.5, 0.6) is 5.75 Å². The van der Waals surface area contributed by atoms with Crippen LogP contribution >= 0.6 is 12.2 Å². The molecule has 1 aromatic rings. The summed E-state index contributed by atoms with van der Waals surface area (Å²) in [5.74, 6) is -0.637. The highest BCUT2D eigenvalue weighted by molar-refractivity contribution is 7.80. The van der Waals surface area contributed by atoms with Gasteiger partial charge < -0.3 is 19.7 Å². The van der Waals surface area contributed by atoms with Crippen LogP contribution in [0.1, 0.15) is 37.0 Å². The van der Waals surface area contributed by atoms with E-state index in [2.05, 4.69) is 10.6 Å². The third-order valence-corrected chi connectivity index (χ3v) is 4.38. The van der Waals surface area contributed by atoms with E-state index >= 15 is 0 Å². The number of esters is 1. The van der Waals surface area contributed by atoms with Crippen LogP contribution in [0.3, 0.4) is 0 Å². The van der Waals surface area contributed by atoms with Gasteiger partial charge in [0.2, 0.25) is 5.91 Å². The van der Waals surface area contributed by atoms with Gasteiger partial charge >= 0.3 is 5.97 Å². The molecule has 0 aromatic heterocycles. The van der Waals surface area contributed by atoms with Crippen molar-refractivity contribution < 1.29 is 23.9 Å². The van der Waals surface area contributed by atoms with Gasteiger partial charge in [-0.25, -0.2) is 0 Å². The second kappa shape index (κ2) is 10.6. The summed E-state index contributed by atoms with van der Waals surface area (Å²) in [6, 6.07) is 5.91. The van der Waals surface area contributed by atoms with Crippen molar-refractivity contribution in [3.05, 3.63) is 29.8 Å². The first kappa shape index (κ1) is 21.6. The van der Waals surface area contributed by atoms with E-state index in [9.17, 15) is 14.4 Å². The number of nitrogens with one attached hydrogen (secondary N) is 2. The standard InChI is InChI=1S/C19H25N3O5S/c1-3-10-27-16(23)12-15-18(25)20-8-9-22(15)19(28)21-17(24)13-6-5-7-14(11-13)26-4-2/h5-7,11,15H,3-4,8-10,12H2,1-2H3,(H,20,25)(H,21,24,28)/t15-/m0/s1. The molecule has 2 rings (SSSR count). The second-order valence-electron chi connectivity index (χ2n) is 6.14. The summed E-state index contributed by atoms with van der Waals surface area (Å²) in [6.45, 7) is 5.28. The molecule has 1 saturated heterocycles. The van der Waals surface area contributed by atoms with Crippen molar-refractivity contribution in [2.24, 2.45) is 0 Å². The number of nitrogens with zero attached hydrogens (tertiary/aromatic N) is 1. The van der Waals surface area contributed by atoms with Crippen molar-refractivity contribution in [1.29, 1.82) is 0 Å². The highest BCUT2D eigenvalue weighted by atomic mass is 32.1. The lowest BCUT2D eigenvalue weighted by molar-refractivity contribution is -0.147. The van der Waals surface area contributed by atoms with Crippen LogP contribution in [0.4, 0.5) is 0 Å². The van der Waals surface area contributed by atoms with Crippen LogP contribution in [-0.4, -0.2) is 60.1 Å². The summed E-state index contributed by atoms with van der Waals surface area (Å²) in [5.41, 5.74) is 0.383. The highest BCUT2D eigenvalue weighted by Gasteiger charge is 2.34. The van der Waals surface area contributed by atoms with Gasteiger partial charge in [-0.2, -0.15) is 0 Å². The summed E-state index contributed by atoms with van der Waals surface area (Å²) in [5, 5.41) is 5.43. The smallest absolute Gasteiger partial charge is 0.308 e. The number of benzene rings is 1. The SMILES string of the molecule is CCCOC(=O)C[C@H]1C(=O)NCCN1C(=S)NC(=O)c1cccc(OCC)c1. The number of carbonyl (C=O) groups excluding carboxylic acids is 3. The Morgan fingerprint density at radius 2 is 2.14 bits per heavy atom. The predicted octanol–water partition coefficient (Wildman–Crippen LogP) is 1.24. The summed E-state index contributed by atoms with van der Waals surface area (Å²) in [7, 11) is 0. The number of hydrogen-bond acceptors (Lipinski definition) is 6.